The molecule has 1 aromatic heterocycles. The van der Waals surface area contributed by atoms with Gasteiger partial charge in [-0.15, -0.1) is 0 Å². The molecule has 150 valence electrons. The van der Waals surface area contributed by atoms with Crippen LogP contribution in [0.2, 0.25) is 0 Å². The standard InChI is InChI=1S/C26H29NO2/c1-2-25-13-23-14-26(15-24(23)16-27-25,19-28-17-21-9-5-3-6-10-21)20-29-18-22-11-7-4-8-12-22/h3-13,16H,2,14-15,17-20H2,1H3. The molecule has 3 heteroatoms. The Morgan fingerprint density at radius 1 is 0.793 bits per heavy atom. The van der Waals surface area contributed by atoms with Crippen molar-refractivity contribution in [2.45, 2.75) is 39.4 Å². The number of rotatable bonds is 9. The SMILES string of the molecule is CCc1cc2c(cn1)CC(COCc1ccccc1)(COCc1ccccc1)C2. The molecule has 2 aromatic carbocycles. The van der Waals surface area contributed by atoms with Gasteiger partial charge in [0.05, 0.1) is 26.4 Å². The van der Waals surface area contributed by atoms with E-state index in [-0.39, 0.29) is 5.41 Å². The van der Waals surface area contributed by atoms with Gasteiger partial charge in [-0.25, -0.2) is 0 Å². The lowest BCUT2D eigenvalue weighted by Crippen LogP contribution is -2.33. The van der Waals surface area contributed by atoms with Gasteiger partial charge in [-0.2, -0.15) is 0 Å². The van der Waals surface area contributed by atoms with Crippen LogP contribution in [0.5, 0.6) is 0 Å². The normalized spacial score (nSPS) is 14.7. The van der Waals surface area contributed by atoms with Gasteiger partial charge >= 0.3 is 0 Å². The molecule has 1 aliphatic carbocycles. The highest BCUT2D eigenvalue weighted by atomic mass is 16.5. The van der Waals surface area contributed by atoms with Gasteiger partial charge in [0.1, 0.15) is 0 Å². The second-order valence-corrected chi connectivity index (χ2v) is 8.11. The Morgan fingerprint density at radius 2 is 1.34 bits per heavy atom. The van der Waals surface area contributed by atoms with Crippen molar-refractivity contribution in [1.29, 1.82) is 0 Å². The second kappa shape index (κ2) is 9.34. The van der Waals surface area contributed by atoms with Crippen molar-refractivity contribution in [2.24, 2.45) is 5.41 Å². The molecule has 4 rings (SSSR count). The molecule has 0 bridgehead atoms. The summed E-state index contributed by atoms with van der Waals surface area (Å²) in [4.78, 5) is 4.61. The molecule has 0 saturated carbocycles. The van der Waals surface area contributed by atoms with E-state index in [0.29, 0.717) is 26.4 Å². The summed E-state index contributed by atoms with van der Waals surface area (Å²) in [5.41, 5.74) is 6.30. The lowest BCUT2D eigenvalue weighted by Gasteiger charge is -2.28. The number of ether oxygens (including phenoxy) is 2. The molecule has 0 unspecified atom stereocenters. The molecule has 0 aliphatic heterocycles. The van der Waals surface area contributed by atoms with Gasteiger partial charge in [-0.3, -0.25) is 4.98 Å². The zero-order valence-electron chi connectivity index (χ0n) is 17.1. The van der Waals surface area contributed by atoms with Crippen LogP contribution in [0.1, 0.15) is 34.9 Å². The van der Waals surface area contributed by atoms with Crippen molar-refractivity contribution in [3.8, 4) is 0 Å². The van der Waals surface area contributed by atoms with E-state index in [2.05, 4.69) is 72.7 Å². The number of benzene rings is 2. The van der Waals surface area contributed by atoms with Crippen molar-refractivity contribution < 1.29 is 9.47 Å². The van der Waals surface area contributed by atoms with Gasteiger partial charge in [0.15, 0.2) is 0 Å². The Balaban J connectivity index is 1.43. The Morgan fingerprint density at radius 3 is 1.90 bits per heavy atom. The number of pyridine rings is 1. The number of hydrogen-bond donors (Lipinski definition) is 0. The van der Waals surface area contributed by atoms with Gasteiger partial charge in [0, 0.05) is 17.3 Å². The molecule has 0 saturated heterocycles. The fourth-order valence-electron chi connectivity index (χ4n) is 4.13. The first-order chi connectivity index (χ1) is 14.3. The fourth-order valence-corrected chi connectivity index (χ4v) is 4.13. The zero-order valence-corrected chi connectivity index (χ0v) is 17.1. The Hall–Kier alpha value is -2.49. The average molecular weight is 388 g/mol. The molecule has 1 heterocycles. The molecular formula is C26H29NO2. The molecule has 0 atom stereocenters. The van der Waals surface area contributed by atoms with E-state index in [1.54, 1.807) is 0 Å². The number of aromatic nitrogens is 1. The first kappa shape index (κ1) is 19.8. The van der Waals surface area contributed by atoms with Crippen LogP contribution in [0.3, 0.4) is 0 Å². The maximum atomic E-state index is 6.20. The van der Waals surface area contributed by atoms with E-state index in [1.165, 1.54) is 22.3 Å². The smallest absolute Gasteiger partial charge is 0.0717 e. The predicted octanol–water partition coefficient (Wildman–Crippen LogP) is 5.16. The molecule has 3 nitrogen and oxygen atoms in total. The lowest BCUT2D eigenvalue weighted by molar-refractivity contribution is -0.0280. The van der Waals surface area contributed by atoms with Gasteiger partial charge in [-0.05, 0) is 47.6 Å². The average Bonchev–Trinajstić information content (AvgIpc) is 3.12. The summed E-state index contributed by atoms with van der Waals surface area (Å²) < 4.78 is 12.4. The summed E-state index contributed by atoms with van der Waals surface area (Å²) in [6.45, 7) is 4.80. The number of fused-ring (bicyclic) bond motifs is 1. The minimum atomic E-state index is -0.0278. The Labute approximate surface area is 173 Å². The summed E-state index contributed by atoms with van der Waals surface area (Å²) in [6.07, 6.45) is 4.98. The van der Waals surface area contributed by atoms with E-state index in [0.717, 1.165) is 25.0 Å². The summed E-state index contributed by atoms with van der Waals surface area (Å²) in [7, 11) is 0. The van der Waals surface area contributed by atoms with Crippen LogP contribution in [0, 0.1) is 5.41 Å². The van der Waals surface area contributed by atoms with E-state index in [9.17, 15) is 0 Å². The van der Waals surface area contributed by atoms with Crippen LogP contribution in [0.4, 0.5) is 0 Å². The first-order valence-corrected chi connectivity index (χ1v) is 10.5. The second-order valence-electron chi connectivity index (χ2n) is 8.11. The number of aryl methyl sites for hydroxylation is 1. The Bertz CT molecular complexity index is 863. The highest BCUT2D eigenvalue weighted by Gasteiger charge is 2.38. The molecule has 29 heavy (non-hydrogen) atoms. The molecule has 0 spiro atoms. The molecule has 0 N–H and O–H groups in total. The van der Waals surface area contributed by atoms with Gasteiger partial charge in [0.2, 0.25) is 0 Å². The number of nitrogens with zero attached hydrogens (tertiary/aromatic N) is 1. The quantitative estimate of drug-likeness (QED) is 0.508. The maximum Gasteiger partial charge on any atom is 0.0717 e. The minimum Gasteiger partial charge on any atom is -0.376 e. The summed E-state index contributed by atoms with van der Waals surface area (Å²) in [5.74, 6) is 0. The van der Waals surface area contributed by atoms with Crippen LogP contribution < -0.4 is 0 Å². The largest absolute Gasteiger partial charge is 0.376 e. The van der Waals surface area contributed by atoms with E-state index < -0.39 is 0 Å². The number of hydrogen-bond acceptors (Lipinski definition) is 3. The predicted molar refractivity (Wildman–Crippen MR) is 116 cm³/mol. The summed E-state index contributed by atoms with van der Waals surface area (Å²) >= 11 is 0. The topological polar surface area (TPSA) is 31.4 Å². The van der Waals surface area contributed by atoms with Crippen molar-refractivity contribution >= 4 is 0 Å². The van der Waals surface area contributed by atoms with E-state index >= 15 is 0 Å². The van der Waals surface area contributed by atoms with Crippen molar-refractivity contribution in [1.82, 2.24) is 4.98 Å². The van der Waals surface area contributed by atoms with Crippen LogP contribution in [0.15, 0.2) is 72.9 Å². The third kappa shape index (κ3) is 5.11. The minimum absolute atomic E-state index is 0.0278. The van der Waals surface area contributed by atoms with Gasteiger partial charge in [-0.1, -0.05) is 67.6 Å². The molecule has 1 aliphatic rings. The Kier molecular flexibility index (Phi) is 6.38. The highest BCUT2D eigenvalue weighted by molar-refractivity contribution is 5.34. The van der Waals surface area contributed by atoms with Crippen molar-refractivity contribution in [3.05, 3.63) is 101 Å². The molecule has 0 fully saturated rings. The van der Waals surface area contributed by atoms with Crippen LogP contribution >= 0.6 is 0 Å². The summed E-state index contributed by atoms with van der Waals surface area (Å²) in [5, 5.41) is 0. The third-order valence-electron chi connectivity index (χ3n) is 5.67. The molecular weight excluding hydrogens is 358 g/mol. The van der Waals surface area contributed by atoms with Gasteiger partial charge < -0.3 is 9.47 Å². The van der Waals surface area contributed by atoms with Crippen LogP contribution in [-0.4, -0.2) is 18.2 Å². The maximum absolute atomic E-state index is 6.20. The molecule has 0 amide bonds. The lowest BCUT2D eigenvalue weighted by atomic mass is 9.86. The van der Waals surface area contributed by atoms with Crippen molar-refractivity contribution in [2.75, 3.05) is 13.2 Å². The highest BCUT2D eigenvalue weighted by Crippen LogP contribution is 2.38. The van der Waals surface area contributed by atoms with Gasteiger partial charge in [0.25, 0.3) is 0 Å². The third-order valence-corrected chi connectivity index (χ3v) is 5.67. The fraction of sp³-hybridized carbons (Fsp3) is 0.346. The van der Waals surface area contributed by atoms with Crippen molar-refractivity contribution in [3.63, 3.8) is 0 Å². The zero-order chi connectivity index (χ0) is 19.9. The molecule has 3 aromatic rings. The monoisotopic (exact) mass is 387 g/mol. The molecule has 0 radical (unpaired) electrons. The van der Waals surface area contributed by atoms with Crippen LogP contribution in [-0.2, 0) is 41.9 Å². The summed E-state index contributed by atoms with van der Waals surface area (Å²) in [6, 6.07) is 23.0. The first-order valence-electron chi connectivity index (χ1n) is 10.5. The van der Waals surface area contributed by atoms with Crippen LogP contribution in [0.25, 0.3) is 0 Å². The van der Waals surface area contributed by atoms with E-state index in [4.69, 9.17) is 9.47 Å². The van der Waals surface area contributed by atoms with E-state index in [1.807, 2.05) is 12.1 Å².